The number of rotatable bonds is 4. The van der Waals surface area contributed by atoms with E-state index in [2.05, 4.69) is 74.9 Å². The fourth-order valence-electron chi connectivity index (χ4n) is 1.83. The number of hydrogen-bond acceptors (Lipinski definition) is 2. The summed E-state index contributed by atoms with van der Waals surface area (Å²) < 4.78 is 1.15. The van der Waals surface area contributed by atoms with Crippen LogP contribution >= 0.6 is 27.3 Å². The molecule has 0 radical (unpaired) electrons. The smallest absolute Gasteiger partial charge is 0.191 e. The van der Waals surface area contributed by atoms with Gasteiger partial charge in [-0.3, -0.25) is 4.99 Å². The van der Waals surface area contributed by atoms with Gasteiger partial charge in [0.05, 0.1) is 10.3 Å². The average molecular weight is 352 g/mol. The Bertz CT molecular complexity index is 592. The summed E-state index contributed by atoms with van der Waals surface area (Å²) in [7, 11) is 1.79. The van der Waals surface area contributed by atoms with Gasteiger partial charge in [0.2, 0.25) is 0 Å². The summed E-state index contributed by atoms with van der Waals surface area (Å²) in [6.45, 7) is 3.68. The van der Waals surface area contributed by atoms with E-state index in [1.165, 1.54) is 16.0 Å². The highest BCUT2D eigenvalue weighted by atomic mass is 79.9. The van der Waals surface area contributed by atoms with E-state index in [4.69, 9.17) is 0 Å². The normalized spacial score (nSPS) is 11.4. The molecule has 20 heavy (non-hydrogen) atoms. The SMILES string of the molecule is CN=C(NCc1ccc(Br)s1)NCc1ccccc1C. The third kappa shape index (κ3) is 4.35. The molecule has 1 heterocycles. The minimum atomic E-state index is 0.778. The van der Waals surface area contributed by atoms with E-state index in [1.54, 1.807) is 18.4 Å². The number of aryl methyl sites for hydroxylation is 1. The molecule has 0 aliphatic carbocycles. The molecule has 0 fully saturated rings. The van der Waals surface area contributed by atoms with Crippen molar-refractivity contribution in [2.75, 3.05) is 7.05 Å². The van der Waals surface area contributed by atoms with E-state index >= 15 is 0 Å². The first kappa shape index (κ1) is 15.1. The zero-order chi connectivity index (χ0) is 14.4. The second-order valence-electron chi connectivity index (χ2n) is 4.41. The molecule has 0 unspecified atom stereocenters. The molecule has 1 aromatic carbocycles. The zero-order valence-electron chi connectivity index (χ0n) is 11.6. The maximum absolute atomic E-state index is 4.24. The van der Waals surface area contributed by atoms with E-state index in [9.17, 15) is 0 Å². The molecule has 3 nitrogen and oxygen atoms in total. The number of nitrogens with zero attached hydrogens (tertiary/aromatic N) is 1. The lowest BCUT2D eigenvalue weighted by Crippen LogP contribution is -2.36. The van der Waals surface area contributed by atoms with Crippen molar-refractivity contribution < 1.29 is 0 Å². The Morgan fingerprint density at radius 2 is 1.90 bits per heavy atom. The Morgan fingerprint density at radius 1 is 1.15 bits per heavy atom. The summed E-state index contributed by atoms with van der Waals surface area (Å²) >= 11 is 5.20. The predicted molar refractivity (Wildman–Crippen MR) is 90.2 cm³/mol. The van der Waals surface area contributed by atoms with Crippen LogP contribution in [-0.4, -0.2) is 13.0 Å². The first-order valence-electron chi connectivity index (χ1n) is 6.42. The number of halogens is 1. The Kier molecular flexibility index (Phi) is 5.61. The van der Waals surface area contributed by atoms with Gasteiger partial charge in [-0.25, -0.2) is 0 Å². The zero-order valence-corrected chi connectivity index (χ0v) is 14.0. The maximum atomic E-state index is 4.24. The molecular weight excluding hydrogens is 334 g/mol. The molecule has 1 aromatic heterocycles. The van der Waals surface area contributed by atoms with Crippen LogP contribution in [0.1, 0.15) is 16.0 Å². The fourth-order valence-corrected chi connectivity index (χ4v) is 3.25. The Morgan fingerprint density at radius 3 is 2.55 bits per heavy atom. The standard InChI is InChI=1S/C15H18BrN3S/c1-11-5-3-4-6-12(11)9-18-15(17-2)19-10-13-7-8-14(16)20-13/h3-8H,9-10H2,1-2H3,(H2,17,18,19). The minimum absolute atomic E-state index is 0.778. The molecule has 0 bridgehead atoms. The van der Waals surface area contributed by atoms with Crippen molar-refractivity contribution in [1.82, 2.24) is 10.6 Å². The maximum Gasteiger partial charge on any atom is 0.191 e. The van der Waals surface area contributed by atoms with Gasteiger partial charge < -0.3 is 10.6 Å². The van der Waals surface area contributed by atoms with Crippen molar-refractivity contribution in [2.45, 2.75) is 20.0 Å². The van der Waals surface area contributed by atoms with Crippen molar-refractivity contribution in [3.8, 4) is 0 Å². The number of benzene rings is 1. The molecule has 0 atom stereocenters. The summed E-state index contributed by atoms with van der Waals surface area (Å²) in [5.41, 5.74) is 2.58. The van der Waals surface area contributed by atoms with Crippen molar-refractivity contribution in [3.05, 3.63) is 56.2 Å². The third-order valence-electron chi connectivity index (χ3n) is 2.99. The van der Waals surface area contributed by atoms with Gasteiger partial charge in [-0.15, -0.1) is 11.3 Å². The molecule has 0 saturated heterocycles. The van der Waals surface area contributed by atoms with Crippen LogP contribution in [-0.2, 0) is 13.1 Å². The molecule has 0 saturated carbocycles. The van der Waals surface area contributed by atoms with Crippen LogP contribution in [0.4, 0.5) is 0 Å². The van der Waals surface area contributed by atoms with Crippen molar-refractivity contribution in [2.24, 2.45) is 4.99 Å². The molecule has 0 aliphatic heterocycles. The topological polar surface area (TPSA) is 36.4 Å². The molecular formula is C15H18BrN3S. The van der Waals surface area contributed by atoms with E-state index in [1.807, 2.05) is 0 Å². The number of aliphatic imine (C=N–C) groups is 1. The van der Waals surface area contributed by atoms with Crippen LogP contribution in [0, 0.1) is 6.92 Å². The number of guanidine groups is 1. The van der Waals surface area contributed by atoms with Crippen molar-refractivity contribution in [3.63, 3.8) is 0 Å². The Balaban J connectivity index is 1.85. The quantitative estimate of drug-likeness (QED) is 0.651. The second kappa shape index (κ2) is 7.45. The van der Waals surface area contributed by atoms with Crippen molar-refractivity contribution in [1.29, 1.82) is 0 Å². The number of hydrogen-bond donors (Lipinski definition) is 2. The Hall–Kier alpha value is -1.33. The molecule has 0 aliphatic rings. The molecule has 2 rings (SSSR count). The summed E-state index contributed by atoms with van der Waals surface area (Å²) in [4.78, 5) is 5.52. The number of thiophene rings is 1. The summed E-state index contributed by atoms with van der Waals surface area (Å²) in [6.07, 6.45) is 0. The van der Waals surface area contributed by atoms with Gasteiger partial charge in [0, 0.05) is 18.5 Å². The van der Waals surface area contributed by atoms with E-state index < -0.39 is 0 Å². The number of nitrogens with one attached hydrogen (secondary N) is 2. The predicted octanol–water partition coefficient (Wildman–Crippen LogP) is 3.68. The fraction of sp³-hybridized carbons (Fsp3) is 0.267. The third-order valence-corrected chi connectivity index (χ3v) is 4.61. The molecule has 0 amide bonds. The lowest BCUT2D eigenvalue weighted by molar-refractivity contribution is 0.812. The van der Waals surface area contributed by atoms with Gasteiger partial charge in [-0.2, -0.15) is 0 Å². The molecule has 2 aromatic rings. The Labute approximate surface area is 132 Å². The molecule has 2 N–H and O–H groups in total. The van der Waals surface area contributed by atoms with Crippen LogP contribution < -0.4 is 10.6 Å². The van der Waals surface area contributed by atoms with Crippen molar-refractivity contribution >= 4 is 33.2 Å². The van der Waals surface area contributed by atoms with E-state index in [0.717, 1.165) is 22.8 Å². The van der Waals surface area contributed by atoms with Gasteiger partial charge in [0.15, 0.2) is 5.96 Å². The van der Waals surface area contributed by atoms with Crippen LogP contribution in [0.5, 0.6) is 0 Å². The largest absolute Gasteiger partial charge is 0.352 e. The molecule has 0 spiro atoms. The summed E-state index contributed by atoms with van der Waals surface area (Å²) in [5, 5.41) is 6.65. The molecule has 106 valence electrons. The van der Waals surface area contributed by atoms with Crippen LogP contribution in [0.15, 0.2) is 45.2 Å². The van der Waals surface area contributed by atoms with E-state index in [0.29, 0.717) is 0 Å². The van der Waals surface area contributed by atoms with Gasteiger partial charge in [-0.05, 0) is 46.1 Å². The van der Waals surface area contributed by atoms with Crippen LogP contribution in [0.25, 0.3) is 0 Å². The average Bonchev–Trinajstić information content (AvgIpc) is 2.86. The highest BCUT2D eigenvalue weighted by molar-refractivity contribution is 9.11. The highest BCUT2D eigenvalue weighted by Crippen LogP contribution is 2.21. The first-order chi connectivity index (χ1) is 9.69. The summed E-state index contributed by atoms with van der Waals surface area (Å²) in [6, 6.07) is 12.5. The highest BCUT2D eigenvalue weighted by Gasteiger charge is 2.02. The van der Waals surface area contributed by atoms with E-state index in [-0.39, 0.29) is 0 Å². The lowest BCUT2D eigenvalue weighted by atomic mass is 10.1. The molecule has 5 heteroatoms. The lowest BCUT2D eigenvalue weighted by Gasteiger charge is -2.12. The van der Waals surface area contributed by atoms with Crippen LogP contribution in [0.3, 0.4) is 0 Å². The first-order valence-corrected chi connectivity index (χ1v) is 8.03. The van der Waals surface area contributed by atoms with Gasteiger partial charge in [0.1, 0.15) is 0 Å². The van der Waals surface area contributed by atoms with Crippen LogP contribution in [0.2, 0.25) is 0 Å². The monoisotopic (exact) mass is 351 g/mol. The van der Waals surface area contributed by atoms with Gasteiger partial charge in [0.25, 0.3) is 0 Å². The van der Waals surface area contributed by atoms with Gasteiger partial charge in [-0.1, -0.05) is 24.3 Å². The van der Waals surface area contributed by atoms with Gasteiger partial charge >= 0.3 is 0 Å². The minimum Gasteiger partial charge on any atom is -0.352 e. The second-order valence-corrected chi connectivity index (χ2v) is 6.96. The summed E-state index contributed by atoms with van der Waals surface area (Å²) in [5.74, 6) is 0.817.